The lowest BCUT2D eigenvalue weighted by atomic mass is 9.97. The van der Waals surface area contributed by atoms with E-state index in [-0.39, 0.29) is 0 Å². The number of unbranched alkanes of at least 4 members (excludes halogenated alkanes) is 3. The second-order valence-corrected chi connectivity index (χ2v) is 3.07. The first kappa shape index (κ1) is 8.28. The molecular weight excluding hydrogens is 111 g/mol. The van der Waals surface area contributed by atoms with Crippen molar-refractivity contribution in [2.45, 2.75) is 38.9 Å². The average Bonchev–Trinajstić information content (AvgIpc) is 1.81. The molecule has 0 unspecified atom stereocenters. The summed E-state index contributed by atoms with van der Waals surface area (Å²) in [4.78, 5) is 0. The smallest absolute Gasteiger partial charge is 0.0838 e. The molecule has 2 heteroatoms. The molecule has 0 heterocycles. The summed E-state index contributed by atoms with van der Waals surface area (Å²) in [7, 11) is 1.28. The molecule has 0 saturated heterocycles. The van der Waals surface area contributed by atoms with E-state index in [1.165, 1.54) is 42.1 Å². The molecule has 0 aliphatic carbocycles. The van der Waals surface area contributed by atoms with Gasteiger partial charge in [-0.3, -0.25) is 0 Å². The number of hydrogen-bond acceptors (Lipinski definition) is 0. The first-order chi connectivity index (χ1) is 3.91. The van der Waals surface area contributed by atoms with Crippen molar-refractivity contribution in [2.24, 2.45) is 0 Å². The zero-order valence-corrected chi connectivity index (χ0v) is 8.11. The fraction of sp³-hybridized carbons (Fsp3) is 1.00. The normalized spacial score (nSPS) is 9.62. The highest BCUT2D eigenvalue weighted by Gasteiger charge is 1.84. The van der Waals surface area contributed by atoms with Gasteiger partial charge < -0.3 is 0 Å². The summed E-state index contributed by atoms with van der Waals surface area (Å²) < 4.78 is 0. The van der Waals surface area contributed by atoms with Crippen molar-refractivity contribution in [3.63, 3.8) is 0 Å². The van der Waals surface area contributed by atoms with E-state index in [2.05, 4.69) is 13.8 Å². The Morgan fingerprint density at radius 3 is 2.50 bits per heavy atom. The summed E-state index contributed by atoms with van der Waals surface area (Å²) >= 11 is 0. The molecule has 0 bridgehead atoms. The monoisotopic (exact) mass is 127 g/mol. The van der Waals surface area contributed by atoms with Crippen molar-refractivity contribution in [1.29, 1.82) is 0 Å². The standard InChI is InChI=1S/C6H16BSi/c1-2-3-4-5-6-7-8/h2-6H2,1,8H3. The molecule has 0 atom stereocenters. The third-order valence-electron chi connectivity index (χ3n) is 1.35. The Bertz CT molecular complexity index is 33.5. The van der Waals surface area contributed by atoms with Crippen LogP contribution in [0, 0.1) is 0 Å². The van der Waals surface area contributed by atoms with E-state index < -0.39 is 0 Å². The van der Waals surface area contributed by atoms with E-state index in [1.54, 1.807) is 0 Å². The van der Waals surface area contributed by atoms with Crippen molar-refractivity contribution in [3.8, 4) is 0 Å². The number of hydrogen-bond donors (Lipinski definition) is 0. The molecule has 0 amide bonds. The summed E-state index contributed by atoms with van der Waals surface area (Å²) in [6.45, 7) is 4.64. The van der Waals surface area contributed by atoms with E-state index in [9.17, 15) is 0 Å². The minimum Gasteiger partial charge on any atom is -0.0838 e. The van der Waals surface area contributed by atoms with Gasteiger partial charge in [0.05, 0.1) is 6.87 Å². The van der Waals surface area contributed by atoms with Crippen LogP contribution in [0.1, 0.15) is 32.6 Å². The minimum absolute atomic E-state index is 1.28. The van der Waals surface area contributed by atoms with Crippen molar-refractivity contribution >= 4 is 17.0 Å². The lowest BCUT2D eigenvalue weighted by molar-refractivity contribution is 0.701. The predicted octanol–water partition coefficient (Wildman–Crippen LogP) is 0.970. The maximum Gasteiger partial charge on any atom is 0.0910 e. The third kappa shape index (κ3) is 6.28. The van der Waals surface area contributed by atoms with Gasteiger partial charge in [-0.15, -0.1) is 0 Å². The highest BCUT2D eigenvalue weighted by molar-refractivity contribution is 6.89. The molecule has 8 heavy (non-hydrogen) atoms. The van der Waals surface area contributed by atoms with Gasteiger partial charge in [-0.2, -0.15) is 0 Å². The zero-order valence-electron chi connectivity index (χ0n) is 6.11. The molecule has 0 aromatic carbocycles. The van der Waals surface area contributed by atoms with Crippen LogP contribution < -0.4 is 0 Å². The minimum atomic E-state index is 1.28. The zero-order chi connectivity index (χ0) is 6.24. The molecule has 0 nitrogen and oxygen atoms in total. The van der Waals surface area contributed by atoms with Gasteiger partial charge in [-0.05, 0) is 10.1 Å². The van der Waals surface area contributed by atoms with Crippen LogP contribution in [0.2, 0.25) is 6.32 Å². The van der Waals surface area contributed by atoms with E-state index >= 15 is 0 Å². The maximum atomic E-state index is 2.38. The van der Waals surface area contributed by atoms with Crippen LogP contribution in [0.5, 0.6) is 0 Å². The Morgan fingerprint density at radius 2 is 2.00 bits per heavy atom. The fourth-order valence-corrected chi connectivity index (χ4v) is 1.18. The van der Waals surface area contributed by atoms with Crippen LogP contribution >= 0.6 is 0 Å². The van der Waals surface area contributed by atoms with Gasteiger partial charge in [0.1, 0.15) is 0 Å². The third-order valence-corrected chi connectivity index (χ3v) is 1.92. The van der Waals surface area contributed by atoms with Gasteiger partial charge in [0.2, 0.25) is 0 Å². The SMILES string of the molecule is CCCCCC[B][SiH3]. The molecule has 0 aromatic rings. The summed E-state index contributed by atoms with van der Waals surface area (Å²) in [5.41, 5.74) is 0. The van der Waals surface area contributed by atoms with Gasteiger partial charge in [-0.1, -0.05) is 38.9 Å². The van der Waals surface area contributed by atoms with Gasteiger partial charge in [0.15, 0.2) is 0 Å². The lowest BCUT2D eigenvalue weighted by Gasteiger charge is -1.93. The van der Waals surface area contributed by atoms with Gasteiger partial charge in [0, 0.05) is 0 Å². The van der Waals surface area contributed by atoms with E-state index in [0.717, 1.165) is 0 Å². The molecular formula is C6H16BSi. The Morgan fingerprint density at radius 1 is 1.25 bits per heavy atom. The van der Waals surface area contributed by atoms with Crippen molar-refractivity contribution in [3.05, 3.63) is 0 Å². The van der Waals surface area contributed by atoms with Crippen LogP contribution in [0.3, 0.4) is 0 Å². The van der Waals surface area contributed by atoms with E-state index in [1.807, 2.05) is 0 Å². The van der Waals surface area contributed by atoms with E-state index in [4.69, 9.17) is 0 Å². The molecule has 0 N–H and O–H groups in total. The largest absolute Gasteiger partial charge is 0.0910 e. The Kier molecular flexibility index (Phi) is 7.54. The second-order valence-electron chi connectivity index (χ2n) is 2.26. The Balaban J connectivity index is 2.53. The first-order valence-electron chi connectivity index (χ1n) is 3.69. The maximum absolute atomic E-state index is 2.38. The molecule has 0 aliphatic heterocycles. The van der Waals surface area contributed by atoms with E-state index in [0.29, 0.717) is 0 Å². The summed E-state index contributed by atoms with van der Waals surface area (Å²) in [6.07, 6.45) is 7.02. The van der Waals surface area contributed by atoms with Crippen molar-refractivity contribution < 1.29 is 0 Å². The topological polar surface area (TPSA) is 0 Å². The summed E-state index contributed by atoms with van der Waals surface area (Å²) in [5, 5.41) is 0. The van der Waals surface area contributed by atoms with Gasteiger partial charge >= 0.3 is 0 Å². The highest BCUT2D eigenvalue weighted by atomic mass is 28.1. The first-order valence-corrected chi connectivity index (χ1v) is 4.85. The van der Waals surface area contributed by atoms with Crippen LogP contribution in [0.4, 0.5) is 0 Å². The molecule has 0 saturated carbocycles. The molecule has 0 aliphatic rings. The number of rotatable bonds is 5. The molecule has 1 radical (unpaired) electrons. The molecule has 47 valence electrons. The van der Waals surface area contributed by atoms with Crippen molar-refractivity contribution in [1.82, 2.24) is 0 Å². The molecule has 0 fully saturated rings. The van der Waals surface area contributed by atoms with Gasteiger partial charge in [0.25, 0.3) is 0 Å². The van der Waals surface area contributed by atoms with Crippen molar-refractivity contribution in [2.75, 3.05) is 0 Å². The Labute approximate surface area is 56.7 Å². The molecule has 0 aromatic heterocycles. The molecule has 0 rings (SSSR count). The molecule has 0 spiro atoms. The van der Waals surface area contributed by atoms with Crippen LogP contribution in [-0.2, 0) is 0 Å². The van der Waals surface area contributed by atoms with Crippen LogP contribution in [-0.4, -0.2) is 17.0 Å². The predicted molar refractivity (Wildman–Crippen MR) is 44.6 cm³/mol. The Hall–Kier alpha value is 0.282. The van der Waals surface area contributed by atoms with Crippen LogP contribution in [0.25, 0.3) is 0 Å². The second kappa shape index (κ2) is 7.28. The summed E-state index contributed by atoms with van der Waals surface area (Å²) in [5.74, 6) is 0. The quantitative estimate of drug-likeness (QED) is 0.381. The average molecular weight is 127 g/mol. The summed E-state index contributed by atoms with van der Waals surface area (Å²) in [6, 6.07) is 0. The van der Waals surface area contributed by atoms with Gasteiger partial charge in [-0.25, -0.2) is 0 Å². The lowest BCUT2D eigenvalue weighted by Crippen LogP contribution is -1.86. The van der Waals surface area contributed by atoms with Crippen LogP contribution in [0.15, 0.2) is 0 Å². The highest BCUT2D eigenvalue weighted by Crippen LogP contribution is 2.00. The fourth-order valence-electron chi connectivity index (χ4n) is 0.775.